The minimum Gasteiger partial charge on any atom is -0.330 e. The van der Waals surface area contributed by atoms with Crippen LogP contribution in [0.4, 0.5) is 4.39 Å². The third-order valence-corrected chi connectivity index (χ3v) is 2.56. The summed E-state index contributed by atoms with van der Waals surface area (Å²) in [7, 11) is 0. The molecule has 84 valence electrons. The fourth-order valence-corrected chi connectivity index (χ4v) is 1.77. The smallest absolute Gasteiger partial charge is 0.128 e. The maximum absolute atomic E-state index is 13.5. The Bertz CT molecular complexity index is 474. The van der Waals surface area contributed by atoms with Gasteiger partial charge in [0.05, 0.1) is 6.54 Å². The zero-order chi connectivity index (χ0) is 11.5. The fraction of sp³-hybridized carbons (Fsp3) is 0.308. The van der Waals surface area contributed by atoms with Crippen LogP contribution < -0.4 is 0 Å². The van der Waals surface area contributed by atoms with E-state index in [-0.39, 0.29) is 5.82 Å². The molecule has 3 heteroatoms. The summed E-state index contributed by atoms with van der Waals surface area (Å²) in [5.41, 5.74) is 0.697. The summed E-state index contributed by atoms with van der Waals surface area (Å²) in [6.45, 7) is 4.71. The molecule has 1 heterocycles. The van der Waals surface area contributed by atoms with E-state index in [2.05, 4.69) is 18.8 Å². The highest BCUT2D eigenvalue weighted by atomic mass is 19.1. The van der Waals surface area contributed by atoms with Crippen LogP contribution in [0, 0.1) is 5.82 Å². The lowest BCUT2D eigenvalue weighted by Crippen LogP contribution is -2.07. The molecule has 0 amide bonds. The van der Waals surface area contributed by atoms with Crippen molar-refractivity contribution in [1.29, 1.82) is 0 Å². The van der Waals surface area contributed by atoms with Crippen LogP contribution >= 0.6 is 0 Å². The molecule has 0 saturated heterocycles. The molecule has 1 aromatic heterocycles. The number of imidazole rings is 1. The first-order valence-electron chi connectivity index (χ1n) is 5.43. The van der Waals surface area contributed by atoms with Gasteiger partial charge in [-0.05, 0) is 6.07 Å². The number of aromatic nitrogens is 2. The summed E-state index contributed by atoms with van der Waals surface area (Å²) in [6.07, 6.45) is 3.65. The van der Waals surface area contributed by atoms with Crippen LogP contribution in [0.3, 0.4) is 0 Å². The minimum atomic E-state index is -0.161. The van der Waals surface area contributed by atoms with Gasteiger partial charge in [-0.15, -0.1) is 0 Å². The average molecular weight is 218 g/mol. The number of rotatable bonds is 3. The molecule has 16 heavy (non-hydrogen) atoms. The van der Waals surface area contributed by atoms with Crippen molar-refractivity contribution in [3.05, 3.63) is 53.9 Å². The number of benzene rings is 1. The van der Waals surface area contributed by atoms with E-state index in [0.29, 0.717) is 18.0 Å². The number of halogens is 1. The molecule has 0 aliphatic carbocycles. The van der Waals surface area contributed by atoms with E-state index in [1.54, 1.807) is 18.3 Å². The lowest BCUT2D eigenvalue weighted by atomic mass is 10.2. The first-order chi connectivity index (χ1) is 7.68. The molecule has 2 aromatic rings. The highest BCUT2D eigenvalue weighted by Crippen LogP contribution is 2.15. The predicted octanol–water partition coefficient (Wildman–Crippen LogP) is 3.19. The van der Waals surface area contributed by atoms with E-state index >= 15 is 0 Å². The van der Waals surface area contributed by atoms with Gasteiger partial charge in [0.15, 0.2) is 0 Å². The first kappa shape index (κ1) is 10.9. The van der Waals surface area contributed by atoms with Gasteiger partial charge < -0.3 is 4.57 Å². The Labute approximate surface area is 94.8 Å². The molecule has 0 aliphatic heterocycles. The van der Waals surface area contributed by atoms with Gasteiger partial charge in [-0.3, -0.25) is 0 Å². The van der Waals surface area contributed by atoms with Gasteiger partial charge in [-0.25, -0.2) is 9.37 Å². The summed E-state index contributed by atoms with van der Waals surface area (Å²) >= 11 is 0. The second kappa shape index (κ2) is 4.47. The van der Waals surface area contributed by atoms with Gasteiger partial charge in [-0.1, -0.05) is 32.0 Å². The van der Waals surface area contributed by atoms with Crippen molar-refractivity contribution in [2.45, 2.75) is 26.3 Å². The van der Waals surface area contributed by atoms with Crippen LogP contribution in [0.2, 0.25) is 0 Å². The number of hydrogen-bond donors (Lipinski definition) is 0. The maximum Gasteiger partial charge on any atom is 0.128 e. The van der Waals surface area contributed by atoms with E-state index in [1.165, 1.54) is 6.07 Å². The molecular weight excluding hydrogens is 203 g/mol. The zero-order valence-electron chi connectivity index (χ0n) is 9.52. The summed E-state index contributed by atoms with van der Waals surface area (Å²) in [5, 5.41) is 0. The summed E-state index contributed by atoms with van der Waals surface area (Å²) in [6, 6.07) is 6.85. The van der Waals surface area contributed by atoms with Crippen molar-refractivity contribution < 1.29 is 4.39 Å². The number of hydrogen-bond acceptors (Lipinski definition) is 1. The molecule has 1 aromatic carbocycles. The monoisotopic (exact) mass is 218 g/mol. The lowest BCUT2D eigenvalue weighted by Gasteiger charge is -2.10. The normalized spacial score (nSPS) is 11.0. The highest BCUT2D eigenvalue weighted by molar-refractivity contribution is 5.18. The molecule has 0 aliphatic rings. The molecule has 0 fully saturated rings. The summed E-state index contributed by atoms with van der Waals surface area (Å²) < 4.78 is 15.5. The zero-order valence-corrected chi connectivity index (χ0v) is 9.52. The molecule has 0 atom stereocenters. The Hall–Kier alpha value is -1.64. The third-order valence-electron chi connectivity index (χ3n) is 2.56. The lowest BCUT2D eigenvalue weighted by molar-refractivity contribution is 0.588. The second-order valence-corrected chi connectivity index (χ2v) is 4.16. The standard InChI is InChI=1S/C13H15FN2/c1-10(2)13-15-7-8-16(13)9-11-5-3-4-6-12(11)14/h3-8,10H,9H2,1-2H3. The summed E-state index contributed by atoms with van der Waals surface area (Å²) in [5.74, 6) is 1.18. The van der Waals surface area contributed by atoms with Crippen molar-refractivity contribution in [3.8, 4) is 0 Å². The van der Waals surface area contributed by atoms with Gasteiger partial charge in [0.25, 0.3) is 0 Å². The van der Waals surface area contributed by atoms with Crippen LogP contribution in [0.5, 0.6) is 0 Å². The van der Waals surface area contributed by atoms with E-state index in [4.69, 9.17) is 0 Å². The van der Waals surface area contributed by atoms with Crippen LogP contribution in [0.15, 0.2) is 36.7 Å². The quantitative estimate of drug-likeness (QED) is 0.773. The molecule has 0 radical (unpaired) electrons. The highest BCUT2D eigenvalue weighted by Gasteiger charge is 2.08. The van der Waals surface area contributed by atoms with E-state index in [9.17, 15) is 4.39 Å². The molecule has 2 rings (SSSR count). The Morgan fingerprint density at radius 1 is 1.31 bits per heavy atom. The van der Waals surface area contributed by atoms with E-state index in [0.717, 1.165) is 5.82 Å². The summed E-state index contributed by atoms with van der Waals surface area (Å²) in [4.78, 5) is 4.28. The molecule has 0 unspecified atom stereocenters. The second-order valence-electron chi connectivity index (χ2n) is 4.16. The van der Waals surface area contributed by atoms with Gasteiger partial charge >= 0.3 is 0 Å². The largest absolute Gasteiger partial charge is 0.330 e. The van der Waals surface area contributed by atoms with Crippen molar-refractivity contribution in [2.75, 3.05) is 0 Å². The van der Waals surface area contributed by atoms with Crippen LogP contribution in [0.1, 0.15) is 31.2 Å². The van der Waals surface area contributed by atoms with Crippen molar-refractivity contribution in [3.63, 3.8) is 0 Å². The molecular formula is C13H15FN2. The average Bonchev–Trinajstić information content (AvgIpc) is 2.69. The van der Waals surface area contributed by atoms with E-state index < -0.39 is 0 Å². The minimum absolute atomic E-state index is 0.161. The molecule has 0 N–H and O–H groups in total. The Morgan fingerprint density at radius 3 is 2.75 bits per heavy atom. The van der Waals surface area contributed by atoms with E-state index in [1.807, 2.05) is 16.8 Å². The molecule has 0 spiro atoms. The maximum atomic E-state index is 13.5. The van der Waals surface area contributed by atoms with Crippen LogP contribution in [-0.4, -0.2) is 9.55 Å². The van der Waals surface area contributed by atoms with Crippen LogP contribution in [0.25, 0.3) is 0 Å². The Balaban J connectivity index is 2.27. The molecule has 0 bridgehead atoms. The predicted molar refractivity (Wildman–Crippen MR) is 61.8 cm³/mol. The van der Waals surface area contributed by atoms with Gasteiger partial charge in [0.2, 0.25) is 0 Å². The van der Waals surface area contributed by atoms with Gasteiger partial charge in [0.1, 0.15) is 11.6 Å². The SMILES string of the molecule is CC(C)c1nccn1Cc1ccccc1F. The fourth-order valence-electron chi connectivity index (χ4n) is 1.77. The number of nitrogens with zero attached hydrogens (tertiary/aromatic N) is 2. The first-order valence-corrected chi connectivity index (χ1v) is 5.43. The third kappa shape index (κ3) is 2.13. The topological polar surface area (TPSA) is 17.8 Å². The Morgan fingerprint density at radius 2 is 2.06 bits per heavy atom. The van der Waals surface area contributed by atoms with Crippen molar-refractivity contribution in [1.82, 2.24) is 9.55 Å². The Kier molecular flexibility index (Phi) is 3.04. The van der Waals surface area contributed by atoms with Crippen molar-refractivity contribution >= 4 is 0 Å². The van der Waals surface area contributed by atoms with Crippen LogP contribution in [-0.2, 0) is 6.54 Å². The molecule has 0 saturated carbocycles. The van der Waals surface area contributed by atoms with Gasteiger partial charge in [0, 0.05) is 23.9 Å². The van der Waals surface area contributed by atoms with Crippen molar-refractivity contribution in [2.24, 2.45) is 0 Å². The molecule has 2 nitrogen and oxygen atoms in total. The van der Waals surface area contributed by atoms with Gasteiger partial charge in [-0.2, -0.15) is 0 Å².